The second kappa shape index (κ2) is 10.7. The Labute approximate surface area is 206 Å². The Kier molecular flexibility index (Phi) is 7.89. The Morgan fingerprint density at radius 2 is 1.89 bits per heavy atom. The van der Waals surface area contributed by atoms with E-state index in [1.807, 2.05) is 6.07 Å². The predicted octanol–water partition coefficient (Wildman–Crippen LogP) is 2.91. The summed E-state index contributed by atoms with van der Waals surface area (Å²) in [6.45, 7) is 0.794. The van der Waals surface area contributed by atoms with Crippen molar-refractivity contribution in [1.82, 2.24) is 0 Å². The predicted molar refractivity (Wildman–Crippen MR) is 129 cm³/mol. The highest BCUT2D eigenvalue weighted by Crippen LogP contribution is 2.27. The molecule has 0 aliphatic heterocycles. The molecule has 0 aliphatic rings. The van der Waals surface area contributed by atoms with Gasteiger partial charge in [-0.1, -0.05) is 11.6 Å². The van der Waals surface area contributed by atoms with E-state index >= 15 is 0 Å². The van der Waals surface area contributed by atoms with Crippen LogP contribution in [0.15, 0.2) is 59.5 Å². The van der Waals surface area contributed by atoms with Gasteiger partial charge < -0.3 is 15.2 Å². The van der Waals surface area contributed by atoms with Gasteiger partial charge in [0.15, 0.2) is 12.4 Å². The molecule has 1 amide bonds. The van der Waals surface area contributed by atoms with Crippen molar-refractivity contribution >= 4 is 39.0 Å². The Hall–Kier alpha value is -3.75. The molecule has 0 heterocycles. The first-order valence-corrected chi connectivity index (χ1v) is 12.0. The summed E-state index contributed by atoms with van der Waals surface area (Å²) in [4.78, 5) is 25.5. The maximum absolute atomic E-state index is 13.2. The zero-order chi connectivity index (χ0) is 25.8. The number of ketones is 1. The maximum Gasteiger partial charge on any atom is 0.262 e. The van der Waals surface area contributed by atoms with Gasteiger partial charge >= 0.3 is 0 Å². The highest BCUT2D eigenvalue weighted by Gasteiger charge is 2.18. The number of aliphatic hydroxyl groups is 1. The highest BCUT2D eigenvalue weighted by atomic mass is 35.5. The second-order valence-electron chi connectivity index (χ2n) is 7.52. The molecule has 0 atom stereocenters. The summed E-state index contributed by atoms with van der Waals surface area (Å²) < 4.78 is 28.5. The minimum Gasteiger partial charge on any atom is -0.483 e. The van der Waals surface area contributed by atoms with Crippen LogP contribution in [0.3, 0.4) is 0 Å². The zero-order valence-electron chi connectivity index (χ0n) is 18.4. The molecule has 0 saturated carbocycles. The van der Waals surface area contributed by atoms with Crippen molar-refractivity contribution < 1.29 is 27.9 Å². The van der Waals surface area contributed by atoms with Crippen LogP contribution in [0.4, 0.5) is 5.69 Å². The fourth-order valence-corrected chi connectivity index (χ4v) is 3.99. The normalized spacial score (nSPS) is 10.9. The number of aliphatic hydroxyl groups excluding tert-OH is 1. The van der Waals surface area contributed by atoms with Crippen LogP contribution < -0.4 is 15.2 Å². The zero-order valence-corrected chi connectivity index (χ0v) is 20.0. The SMILES string of the molecule is Cc1cc(S(N)(=O)=O)ccc1NC(=O)COc1ccc(Cl)cc1C(=O)c1cc(C#N)cc(CO)c1. The van der Waals surface area contributed by atoms with E-state index < -0.39 is 28.3 Å². The number of nitrogens with two attached hydrogens (primary N) is 1. The standard InChI is InChI=1S/C24H20ClN3O6S/c1-14-6-19(35(27,32)33)3-4-21(14)28-23(30)13-34-22-5-2-18(25)10-20(22)24(31)17-8-15(11-26)7-16(9-17)12-29/h2-10,29H,12-13H2,1H3,(H,28,30)(H2,27,32,33). The molecule has 3 rings (SSSR count). The third kappa shape index (κ3) is 6.44. The van der Waals surface area contributed by atoms with Crippen molar-refractivity contribution in [3.8, 4) is 11.8 Å². The number of benzene rings is 3. The molecule has 3 aromatic rings. The number of nitrogens with zero attached hydrogens (tertiary/aromatic N) is 1. The van der Waals surface area contributed by atoms with Crippen molar-refractivity contribution in [2.45, 2.75) is 18.4 Å². The summed E-state index contributed by atoms with van der Waals surface area (Å²) in [5.41, 5.74) is 1.65. The van der Waals surface area contributed by atoms with Gasteiger partial charge in [0.25, 0.3) is 5.91 Å². The van der Waals surface area contributed by atoms with E-state index in [1.54, 1.807) is 6.92 Å². The number of amides is 1. The number of carbonyl (C=O) groups is 2. The molecule has 4 N–H and O–H groups in total. The molecule has 0 aliphatic carbocycles. The highest BCUT2D eigenvalue weighted by molar-refractivity contribution is 7.89. The largest absolute Gasteiger partial charge is 0.483 e. The summed E-state index contributed by atoms with van der Waals surface area (Å²) >= 11 is 6.07. The Balaban J connectivity index is 1.80. The van der Waals surface area contributed by atoms with Crippen LogP contribution in [0.2, 0.25) is 5.02 Å². The Bertz CT molecular complexity index is 1460. The van der Waals surface area contributed by atoms with Gasteiger partial charge in [0.1, 0.15) is 5.75 Å². The maximum atomic E-state index is 13.2. The topological polar surface area (TPSA) is 160 Å². The number of anilines is 1. The van der Waals surface area contributed by atoms with Gasteiger partial charge in [-0.05, 0) is 72.6 Å². The van der Waals surface area contributed by atoms with Crippen molar-refractivity contribution in [2.75, 3.05) is 11.9 Å². The molecule has 0 aromatic heterocycles. The average Bonchev–Trinajstić information content (AvgIpc) is 2.82. The van der Waals surface area contributed by atoms with Crippen molar-refractivity contribution in [3.63, 3.8) is 0 Å². The molecule has 180 valence electrons. The van der Waals surface area contributed by atoms with E-state index in [0.29, 0.717) is 16.8 Å². The molecule has 9 nitrogen and oxygen atoms in total. The van der Waals surface area contributed by atoms with E-state index in [0.717, 1.165) is 0 Å². The van der Waals surface area contributed by atoms with Crippen LogP contribution in [-0.2, 0) is 21.4 Å². The molecule has 0 unspecified atom stereocenters. The number of carbonyl (C=O) groups excluding carboxylic acids is 2. The third-order valence-electron chi connectivity index (χ3n) is 4.91. The number of ether oxygens (including phenoxy) is 1. The molecular formula is C24H20ClN3O6S. The number of sulfonamides is 1. The van der Waals surface area contributed by atoms with Crippen LogP contribution in [0.5, 0.6) is 5.75 Å². The van der Waals surface area contributed by atoms with Crippen LogP contribution in [0, 0.1) is 18.3 Å². The monoisotopic (exact) mass is 513 g/mol. The smallest absolute Gasteiger partial charge is 0.262 e. The van der Waals surface area contributed by atoms with Crippen molar-refractivity contribution in [2.24, 2.45) is 5.14 Å². The minimum absolute atomic E-state index is 0.0676. The first-order chi connectivity index (χ1) is 16.5. The Morgan fingerprint density at radius 1 is 1.14 bits per heavy atom. The molecule has 0 radical (unpaired) electrons. The van der Waals surface area contributed by atoms with Crippen LogP contribution in [0.25, 0.3) is 0 Å². The summed E-state index contributed by atoms with van der Waals surface area (Å²) in [6.07, 6.45) is 0. The lowest BCUT2D eigenvalue weighted by atomic mass is 9.98. The number of nitrogens with one attached hydrogen (secondary N) is 1. The van der Waals surface area contributed by atoms with Crippen LogP contribution in [0.1, 0.15) is 32.6 Å². The summed E-state index contributed by atoms with van der Waals surface area (Å²) in [5.74, 6) is -0.980. The van der Waals surface area contributed by atoms with E-state index in [4.69, 9.17) is 21.5 Å². The lowest BCUT2D eigenvalue weighted by Crippen LogP contribution is -2.21. The van der Waals surface area contributed by atoms with Crippen LogP contribution >= 0.6 is 11.6 Å². The lowest BCUT2D eigenvalue weighted by molar-refractivity contribution is -0.118. The lowest BCUT2D eigenvalue weighted by Gasteiger charge is -2.13. The number of primary sulfonamides is 1. The number of nitriles is 1. The number of hydrogen-bond donors (Lipinski definition) is 3. The molecule has 3 aromatic carbocycles. The van der Waals surface area contributed by atoms with Crippen molar-refractivity contribution in [1.29, 1.82) is 5.26 Å². The molecule has 11 heteroatoms. The summed E-state index contributed by atoms with van der Waals surface area (Å²) in [7, 11) is -3.88. The fraction of sp³-hybridized carbons (Fsp3) is 0.125. The molecule has 35 heavy (non-hydrogen) atoms. The minimum atomic E-state index is -3.88. The molecule has 0 spiro atoms. The number of rotatable bonds is 8. The van der Waals surface area contributed by atoms with Gasteiger partial charge in [0.05, 0.1) is 28.7 Å². The van der Waals surface area contributed by atoms with Gasteiger partial charge in [-0.25, -0.2) is 13.6 Å². The van der Waals surface area contributed by atoms with Gasteiger partial charge in [0.2, 0.25) is 10.0 Å². The quantitative estimate of drug-likeness (QED) is 0.390. The first-order valence-electron chi connectivity index (χ1n) is 10.1. The molecular weight excluding hydrogens is 494 g/mol. The van der Waals surface area contributed by atoms with E-state index in [1.165, 1.54) is 54.6 Å². The number of hydrogen-bond acceptors (Lipinski definition) is 7. The van der Waals surface area contributed by atoms with E-state index in [-0.39, 0.29) is 39.0 Å². The summed E-state index contributed by atoms with van der Waals surface area (Å²) in [6, 6.07) is 14.6. The molecule has 0 bridgehead atoms. The van der Waals surface area contributed by atoms with Gasteiger partial charge in [0, 0.05) is 16.3 Å². The van der Waals surface area contributed by atoms with E-state index in [2.05, 4.69) is 5.32 Å². The van der Waals surface area contributed by atoms with Gasteiger partial charge in [-0.3, -0.25) is 9.59 Å². The van der Waals surface area contributed by atoms with Crippen molar-refractivity contribution in [3.05, 3.63) is 87.4 Å². The van der Waals surface area contributed by atoms with Crippen LogP contribution in [-0.4, -0.2) is 31.8 Å². The van der Waals surface area contributed by atoms with E-state index in [9.17, 15) is 28.4 Å². The molecule has 0 fully saturated rings. The first kappa shape index (κ1) is 25.9. The third-order valence-corrected chi connectivity index (χ3v) is 6.06. The fourth-order valence-electron chi connectivity index (χ4n) is 3.22. The number of aryl methyl sites for hydroxylation is 1. The number of halogens is 1. The van der Waals surface area contributed by atoms with Gasteiger partial charge in [-0.15, -0.1) is 0 Å². The summed E-state index contributed by atoms with van der Waals surface area (Å²) in [5, 5.41) is 26.6. The molecule has 0 saturated heterocycles. The average molecular weight is 514 g/mol. The van der Waals surface area contributed by atoms with Gasteiger partial charge in [-0.2, -0.15) is 5.26 Å². The Morgan fingerprint density at radius 3 is 2.51 bits per heavy atom. The second-order valence-corrected chi connectivity index (χ2v) is 9.51.